The van der Waals surface area contributed by atoms with Gasteiger partial charge in [-0.3, -0.25) is 0 Å². The number of carboxylic acid groups (broad SMARTS) is 1. The number of urea groups is 1. The van der Waals surface area contributed by atoms with Gasteiger partial charge in [-0.05, 0) is 45.1 Å². The fourth-order valence-electron chi connectivity index (χ4n) is 4.16. The van der Waals surface area contributed by atoms with E-state index in [-0.39, 0.29) is 21.7 Å². The number of sulfonamides is 1. The topological polar surface area (TPSA) is 130 Å². The van der Waals surface area contributed by atoms with Crippen molar-refractivity contribution in [1.82, 2.24) is 19.6 Å². The van der Waals surface area contributed by atoms with Crippen LogP contribution in [-0.4, -0.2) is 35.1 Å². The zero-order chi connectivity index (χ0) is 28.0. The summed E-state index contributed by atoms with van der Waals surface area (Å²) in [7, 11) is -4.17. The van der Waals surface area contributed by atoms with E-state index in [9.17, 15) is 23.1 Å². The maximum atomic E-state index is 13.1. The molecule has 0 bridgehead atoms. The first-order valence-electron chi connectivity index (χ1n) is 12.2. The van der Waals surface area contributed by atoms with E-state index in [0.717, 1.165) is 17.5 Å². The average Bonchev–Trinajstić information content (AvgIpc) is 3.23. The predicted molar refractivity (Wildman–Crippen MR) is 151 cm³/mol. The van der Waals surface area contributed by atoms with Crippen molar-refractivity contribution >= 4 is 38.0 Å². The number of benzene rings is 3. The Bertz CT molecular complexity index is 1590. The second-order valence-corrected chi connectivity index (χ2v) is 11.2. The zero-order valence-corrected chi connectivity index (χ0v) is 23.5. The van der Waals surface area contributed by atoms with Gasteiger partial charge >= 0.3 is 12.0 Å². The number of aryl methyl sites for hydroxylation is 1. The smallest absolute Gasteiger partial charge is 0.355 e. The minimum atomic E-state index is -4.17. The summed E-state index contributed by atoms with van der Waals surface area (Å²) in [6, 6.07) is 21.9. The molecule has 3 aromatic carbocycles. The Morgan fingerprint density at radius 1 is 0.949 bits per heavy atom. The molecule has 9 nitrogen and oxygen atoms in total. The summed E-state index contributed by atoms with van der Waals surface area (Å²) in [5.41, 5.74) is 2.79. The normalized spacial score (nSPS) is 11.2. The summed E-state index contributed by atoms with van der Waals surface area (Å²) in [5, 5.41) is 12.2. The molecular formula is C28H27BrN4O5S. The molecule has 0 aliphatic heterocycles. The number of imidazole rings is 1. The van der Waals surface area contributed by atoms with E-state index in [2.05, 4.69) is 31.0 Å². The van der Waals surface area contributed by atoms with Gasteiger partial charge in [0, 0.05) is 25.1 Å². The number of aromatic nitrogens is 2. The van der Waals surface area contributed by atoms with Crippen molar-refractivity contribution in [2.45, 2.75) is 37.8 Å². The Balaban J connectivity index is 1.54. The van der Waals surface area contributed by atoms with Gasteiger partial charge in [0.1, 0.15) is 10.4 Å². The van der Waals surface area contributed by atoms with Crippen molar-refractivity contribution in [2.75, 3.05) is 0 Å². The molecule has 4 rings (SSSR count). The first kappa shape index (κ1) is 28.1. The highest BCUT2D eigenvalue weighted by Gasteiger charge is 2.23. The third-order valence-electron chi connectivity index (χ3n) is 5.99. The Hall–Kier alpha value is -3.96. The van der Waals surface area contributed by atoms with E-state index in [4.69, 9.17) is 0 Å². The summed E-state index contributed by atoms with van der Waals surface area (Å²) in [6.45, 7) is 2.47. The van der Waals surface area contributed by atoms with Crippen molar-refractivity contribution in [1.29, 1.82) is 0 Å². The summed E-state index contributed by atoms with van der Waals surface area (Å²) in [6.07, 6.45) is 1.44. The van der Waals surface area contributed by atoms with Crippen LogP contribution >= 0.6 is 15.9 Å². The molecule has 0 radical (unpaired) electrons. The lowest BCUT2D eigenvalue weighted by Gasteiger charge is -2.14. The van der Waals surface area contributed by atoms with Gasteiger partial charge < -0.3 is 15.0 Å². The molecule has 0 aliphatic rings. The van der Waals surface area contributed by atoms with E-state index in [1.54, 1.807) is 34.9 Å². The number of nitrogens with zero attached hydrogens (tertiary/aromatic N) is 2. The predicted octanol–water partition coefficient (Wildman–Crippen LogP) is 5.20. The van der Waals surface area contributed by atoms with Crippen LogP contribution < -0.4 is 10.0 Å². The second-order valence-electron chi connectivity index (χ2n) is 8.78. The molecular weight excluding hydrogens is 584 g/mol. The van der Waals surface area contributed by atoms with Gasteiger partial charge in [-0.15, -0.1) is 0 Å². The number of carboxylic acids is 1. The molecule has 202 valence electrons. The van der Waals surface area contributed by atoms with Crippen LogP contribution in [0.2, 0.25) is 0 Å². The zero-order valence-electron chi connectivity index (χ0n) is 21.1. The van der Waals surface area contributed by atoms with Crippen molar-refractivity contribution in [2.24, 2.45) is 0 Å². The Labute approximate surface area is 235 Å². The van der Waals surface area contributed by atoms with E-state index in [0.29, 0.717) is 29.9 Å². The highest BCUT2D eigenvalue weighted by atomic mass is 79.9. The van der Waals surface area contributed by atoms with Crippen LogP contribution in [0.4, 0.5) is 4.79 Å². The molecule has 3 N–H and O–H groups in total. The molecule has 0 spiro atoms. The van der Waals surface area contributed by atoms with Gasteiger partial charge in [0.2, 0.25) is 0 Å². The summed E-state index contributed by atoms with van der Waals surface area (Å²) < 4.78 is 30.3. The largest absolute Gasteiger partial charge is 0.476 e. The lowest BCUT2D eigenvalue weighted by atomic mass is 10.0. The molecule has 0 saturated heterocycles. The molecule has 0 atom stereocenters. The van der Waals surface area contributed by atoms with Crippen LogP contribution in [0.5, 0.6) is 0 Å². The first-order chi connectivity index (χ1) is 18.7. The summed E-state index contributed by atoms with van der Waals surface area (Å²) in [4.78, 5) is 28.5. The maximum absolute atomic E-state index is 13.1. The lowest BCUT2D eigenvalue weighted by Crippen LogP contribution is -2.39. The van der Waals surface area contributed by atoms with Gasteiger partial charge in [-0.2, -0.15) is 0 Å². The van der Waals surface area contributed by atoms with Crippen molar-refractivity contribution in [3.05, 3.63) is 106 Å². The highest BCUT2D eigenvalue weighted by molar-refractivity contribution is 9.10. The van der Waals surface area contributed by atoms with Crippen LogP contribution in [0.25, 0.3) is 11.1 Å². The number of amides is 2. The van der Waals surface area contributed by atoms with E-state index in [1.807, 2.05) is 49.4 Å². The number of hydrogen-bond donors (Lipinski definition) is 3. The van der Waals surface area contributed by atoms with Gasteiger partial charge in [0.15, 0.2) is 5.69 Å². The first-order valence-corrected chi connectivity index (χ1v) is 14.5. The van der Waals surface area contributed by atoms with Crippen LogP contribution in [0.3, 0.4) is 0 Å². The third-order valence-corrected chi connectivity index (χ3v) is 7.93. The van der Waals surface area contributed by atoms with E-state index >= 15 is 0 Å². The molecule has 39 heavy (non-hydrogen) atoms. The van der Waals surface area contributed by atoms with Crippen LogP contribution in [0, 0.1) is 0 Å². The number of aromatic carboxylic acids is 1. The van der Waals surface area contributed by atoms with Crippen molar-refractivity contribution in [3.63, 3.8) is 0 Å². The molecule has 4 aromatic rings. The maximum Gasteiger partial charge on any atom is 0.355 e. The Kier molecular flexibility index (Phi) is 8.82. The monoisotopic (exact) mass is 610 g/mol. The number of nitrogens with one attached hydrogen (secondary N) is 2. The van der Waals surface area contributed by atoms with Gasteiger partial charge in [0.05, 0.1) is 4.90 Å². The standard InChI is InChI=1S/C28H27BrN4O5S/c1-2-8-24-31-26(29)25(27(34)35)33(24)18-20-13-15-21(16-14-20)22-11-6-7-12-23(22)39(37,38)32-28(36)30-17-19-9-4-3-5-10-19/h3-7,9-16H,2,8,17-18H2,1H3,(H,34,35)(H2,30,32,36). The van der Waals surface area contributed by atoms with Gasteiger partial charge in [-0.1, -0.05) is 79.7 Å². The quantitative estimate of drug-likeness (QED) is 0.226. The van der Waals surface area contributed by atoms with Crippen LogP contribution in [0.15, 0.2) is 88.4 Å². The fourth-order valence-corrected chi connectivity index (χ4v) is 5.91. The molecule has 0 aliphatic carbocycles. The van der Waals surface area contributed by atoms with E-state index in [1.165, 1.54) is 6.07 Å². The third kappa shape index (κ3) is 6.73. The molecule has 1 aromatic heterocycles. The minimum Gasteiger partial charge on any atom is -0.476 e. The molecule has 11 heteroatoms. The molecule has 0 unspecified atom stereocenters. The summed E-state index contributed by atoms with van der Waals surface area (Å²) in [5.74, 6) is -0.410. The molecule has 0 fully saturated rings. The summed E-state index contributed by atoms with van der Waals surface area (Å²) >= 11 is 3.26. The molecule has 0 saturated carbocycles. The highest BCUT2D eigenvalue weighted by Crippen LogP contribution is 2.28. The van der Waals surface area contributed by atoms with Crippen molar-refractivity contribution in [3.8, 4) is 11.1 Å². The minimum absolute atomic E-state index is 0.0375. The Morgan fingerprint density at radius 2 is 1.62 bits per heavy atom. The molecule has 2 amide bonds. The number of hydrogen-bond acceptors (Lipinski definition) is 5. The molecule has 1 heterocycles. The second kappa shape index (κ2) is 12.3. The van der Waals surface area contributed by atoms with E-state index < -0.39 is 22.0 Å². The SMILES string of the molecule is CCCc1nc(Br)c(C(=O)O)n1Cc1ccc(-c2ccccc2S(=O)(=O)NC(=O)NCc2ccccc2)cc1. The number of halogens is 1. The van der Waals surface area contributed by atoms with Crippen molar-refractivity contribution < 1.29 is 23.1 Å². The number of carbonyl (C=O) groups is 2. The number of rotatable bonds is 10. The number of carbonyl (C=O) groups excluding carboxylic acids is 1. The lowest BCUT2D eigenvalue weighted by molar-refractivity contribution is 0.0684. The van der Waals surface area contributed by atoms with Gasteiger partial charge in [0.25, 0.3) is 10.0 Å². The Morgan fingerprint density at radius 3 is 2.28 bits per heavy atom. The fraction of sp³-hybridized carbons (Fsp3) is 0.179. The average molecular weight is 612 g/mol. The van der Waals surface area contributed by atoms with Crippen LogP contribution in [-0.2, 0) is 29.5 Å². The van der Waals surface area contributed by atoms with Gasteiger partial charge in [-0.25, -0.2) is 27.7 Å². The van der Waals surface area contributed by atoms with Crippen LogP contribution in [0.1, 0.15) is 40.8 Å².